The van der Waals surface area contributed by atoms with Crippen LogP contribution in [0.2, 0.25) is 0 Å². The van der Waals surface area contributed by atoms with E-state index in [9.17, 15) is 13.2 Å². The summed E-state index contributed by atoms with van der Waals surface area (Å²) in [6, 6.07) is 0. The quantitative estimate of drug-likeness (QED) is 0.686. The average molecular weight is 237 g/mol. The van der Waals surface area contributed by atoms with E-state index in [0.717, 1.165) is 0 Å². The van der Waals surface area contributed by atoms with Gasteiger partial charge in [0.05, 0.1) is 5.25 Å². The van der Waals surface area contributed by atoms with Crippen molar-refractivity contribution in [2.45, 2.75) is 38.9 Å². The van der Waals surface area contributed by atoms with Gasteiger partial charge < -0.3 is 5.11 Å². The molecule has 0 heterocycles. The topological polar surface area (TPSA) is 83.5 Å². The van der Waals surface area contributed by atoms with Crippen LogP contribution in [0.1, 0.15) is 33.6 Å². The number of aliphatic carboxylic acids is 1. The molecule has 0 aromatic rings. The molecule has 0 spiro atoms. The van der Waals surface area contributed by atoms with E-state index in [4.69, 9.17) is 5.11 Å². The van der Waals surface area contributed by atoms with Gasteiger partial charge in [-0.3, -0.25) is 4.79 Å². The van der Waals surface area contributed by atoms with Crippen LogP contribution < -0.4 is 4.72 Å². The van der Waals surface area contributed by atoms with Crippen LogP contribution in [0.25, 0.3) is 0 Å². The molecule has 0 aliphatic rings. The molecule has 1 atom stereocenters. The minimum atomic E-state index is -3.23. The van der Waals surface area contributed by atoms with E-state index in [1.807, 2.05) is 6.92 Å². The normalized spacial score (nSPS) is 14.1. The van der Waals surface area contributed by atoms with E-state index in [2.05, 4.69) is 4.72 Å². The molecular formula is C9H19NO4S. The van der Waals surface area contributed by atoms with Crippen LogP contribution in [0.3, 0.4) is 0 Å². The van der Waals surface area contributed by atoms with E-state index < -0.39 is 21.2 Å². The standard InChI is InChI=1S/C9H19NO4S/c1-7(2)15(13,14)10-6-8(3)4-5-9(11)12/h7-8,10H,4-6H2,1-3H3,(H,11,12). The first-order valence-electron chi connectivity index (χ1n) is 4.96. The molecule has 0 aliphatic carbocycles. The Morgan fingerprint density at radius 2 is 1.87 bits per heavy atom. The predicted octanol–water partition coefficient (Wildman–Crippen LogP) is 0.815. The van der Waals surface area contributed by atoms with Gasteiger partial charge in [-0.05, 0) is 26.2 Å². The highest BCUT2D eigenvalue weighted by atomic mass is 32.2. The Morgan fingerprint density at radius 1 is 1.33 bits per heavy atom. The number of rotatable bonds is 7. The number of carboxylic acid groups (broad SMARTS) is 1. The molecule has 0 amide bonds. The molecule has 0 fully saturated rings. The van der Waals surface area contributed by atoms with Crippen LogP contribution in [0.15, 0.2) is 0 Å². The lowest BCUT2D eigenvalue weighted by Crippen LogP contribution is -2.34. The first-order chi connectivity index (χ1) is 6.75. The summed E-state index contributed by atoms with van der Waals surface area (Å²) in [6.07, 6.45) is 0.556. The highest BCUT2D eigenvalue weighted by molar-refractivity contribution is 7.90. The third-order valence-electron chi connectivity index (χ3n) is 2.10. The lowest BCUT2D eigenvalue weighted by molar-refractivity contribution is -0.137. The SMILES string of the molecule is CC(CCC(=O)O)CNS(=O)(=O)C(C)C. The molecular weight excluding hydrogens is 218 g/mol. The van der Waals surface area contributed by atoms with Gasteiger partial charge in [-0.1, -0.05) is 6.92 Å². The molecule has 1 unspecified atom stereocenters. The maximum atomic E-state index is 11.3. The first kappa shape index (κ1) is 14.4. The van der Waals surface area contributed by atoms with Crippen molar-refractivity contribution in [1.82, 2.24) is 4.72 Å². The van der Waals surface area contributed by atoms with Gasteiger partial charge in [0.15, 0.2) is 0 Å². The van der Waals surface area contributed by atoms with E-state index in [1.54, 1.807) is 13.8 Å². The van der Waals surface area contributed by atoms with Crippen LogP contribution in [-0.4, -0.2) is 31.3 Å². The van der Waals surface area contributed by atoms with Crippen molar-refractivity contribution in [3.63, 3.8) is 0 Å². The van der Waals surface area contributed by atoms with Gasteiger partial charge in [0.1, 0.15) is 0 Å². The average Bonchev–Trinajstić information content (AvgIpc) is 2.11. The van der Waals surface area contributed by atoms with Crippen LogP contribution in [0.4, 0.5) is 0 Å². The van der Waals surface area contributed by atoms with Gasteiger partial charge >= 0.3 is 5.97 Å². The lowest BCUT2D eigenvalue weighted by Gasteiger charge is -2.13. The Balaban J connectivity index is 3.91. The minimum Gasteiger partial charge on any atom is -0.481 e. The fourth-order valence-electron chi connectivity index (χ4n) is 0.897. The van der Waals surface area contributed by atoms with E-state index in [-0.39, 0.29) is 12.3 Å². The van der Waals surface area contributed by atoms with Crippen molar-refractivity contribution in [1.29, 1.82) is 0 Å². The first-order valence-corrected chi connectivity index (χ1v) is 6.50. The molecule has 5 nitrogen and oxygen atoms in total. The smallest absolute Gasteiger partial charge is 0.303 e. The van der Waals surface area contributed by atoms with Crippen molar-refractivity contribution in [3.8, 4) is 0 Å². The summed E-state index contributed by atoms with van der Waals surface area (Å²) < 4.78 is 25.2. The van der Waals surface area contributed by atoms with Gasteiger partial charge in [0.2, 0.25) is 10.0 Å². The second kappa shape index (κ2) is 6.07. The van der Waals surface area contributed by atoms with E-state index in [1.165, 1.54) is 0 Å². The molecule has 2 N–H and O–H groups in total. The molecule has 0 radical (unpaired) electrons. The summed E-state index contributed by atoms with van der Waals surface area (Å²) in [7, 11) is -3.23. The van der Waals surface area contributed by atoms with Gasteiger partial charge in [-0.15, -0.1) is 0 Å². The second-order valence-electron chi connectivity index (χ2n) is 3.98. The summed E-state index contributed by atoms with van der Waals surface area (Å²) in [5.41, 5.74) is 0. The third kappa shape index (κ3) is 6.46. The van der Waals surface area contributed by atoms with Crippen LogP contribution in [0.5, 0.6) is 0 Å². The van der Waals surface area contributed by atoms with Crippen LogP contribution in [0, 0.1) is 5.92 Å². The number of nitrogens with one attached hydrogen (secondary N) is 1. The lowest BCUT2D eigenvalue weighted by atomic mass is 10.1. The summed E-state index contributed by atoms with van der Waals surface area (Å²) in [5, 5.41) is 7.99. The number of carboxylic acids is 1. The van der Waals surface area contributed by atoms with Gasteiger partial charge in [0, 0.05) is 13.0 Å². The summed E-state index contributed by atoms with van der Waals surface area (Å²) in [4.78, 5) is 10.3. The Bertz CT molecular complexity index is 297. The molecule has 0 bridgehead atoms. The van der Waals surface area contributed by atoms with E-state index >= 15 is 0 Å². The molecule has 0 aromatic heterocycles. The van der Waals surface area contributed by atoms with Crippen molar-refractivity contribution in [2.24, 2.45) is 5.92 Å². The Hall–Kier alpha value is -0.620. The fraction of sp³-hybridized carbons (Fsp3) is 0.889. The number of hydrogen-bond donors (Lipinski definition) is 2. The van der Waals surface area contributed by atoms with Crippen molar-refractivity contribution in [2.75, 3.05) is 6.54 Å². The summed E-state index contributed by atoms with van der Waals surface area (Å²) >= 11 is 0. The number of carbonyl (C=O) groups is 1. The molecule has 0 saturated carbocycles. The fourth-order valence-corrected chi connectivity index (χ4v) is 1.75. The highest BCUT2D eigenvalue weighted by Gasteiger charge is 2.16. The zero-order valence-corrected chi connectivity index (χ0v) is 10.2. The molecule has 0 aromatic carbocycles. The molecule has 6 heteroatoms. The zero-order chi connectivity index (χ0) is 12.1. The predicted molar refractivity (Wildman–Crippen MR) is 58.1 cm³/mol. The maximum absolute atomic E-state index is 11.3. The Morgan fingerprint density at radius 3 is 2.27 bits per heavy atom. The van der Waals surface area contributed by atoms with Gasteiger partial charge in [-0.25, -0.2) is 13.1 Å². The molecule has 0 rings (SSSR count). The Labute approximate surface area is 90.9 Å². The summed E-state index contributed by atoms with van der Waals surface area (Å²) in [6.45, 7) is 5.33. The monoisotopic (exact) mass is 237 g/mol. The zero-order valence-electron chi connectivity index (χ0n) is 9.36. The molecule has 90 valence electrons. The highest BCUT2D eigenvalue weighted by Crippen LogP contribution is 2.05. The number of sulfonamides is 1. The van der Waals surface area contributed by atoms with Gasteiger partial charge in [-0.2, -0.15) is 0 Å². The maximum Gasteiger partial charge on any atom is 0.303 e. The number of hydrogen-bond acceptors (Lipinski definition) is 3. The molecule has 0 saturated heterocycles. The van der Waals surface area contributed by atoms with Crippen LogP contribution >= 0.6 is 0 Å². The summed E-state index contributed by atoms with van der Waals surface area (Å²) in [5.74, 6) is -0.816. The van der Waals surface area contributed by atoms with Crippen molar-refractivity contribution < 1.29 is 18.3 Å². The molecule has 0 aliphatic heterocycles. The van der Waals surface area contributed by atoms with Crippen molar-refractivity contribution >= 4 is 16.0 Å². The minimum absolute atomic E-state index is 0.0367. The van der Waals surface area contributed by atoms with Crippen molar-refractivity contribution in [3.05, 3.63) is 0 Å². The van der Waals surface area contributed by atoms with Crippen LogP contribution in [-0.2, 0) is 14.8 Å². The van der Waals surface area contributed by atoms with E-state index in [0.29, 0.717) is 13.0 Å². The largest absolute Gasteiger partial charge is 0.481 e. The third-order valence-corrected chi connectivity index (χ3v) is 3.91. The second-order valence-corrected chi connectivity index (χ2v) is 6.30. The van der Waals surface area contributed by atoms with Gasteiger partial charge in [0.25, 0.3) is 0 Å². The Kier molecular flexibility index (Phi) is 5.82. The molecule has 15 heavy (non-hydrogen) atoms.